The molecule has 8 heteroatoms. The Hall–Kier alpha value is -3.52. The van der Waals surface area contributed by atoms with Crippen molar-refractivity contribution in [2.75, 3.05) is 23.3 Å². The number of amides is 3. The Morgan fingerprint density at radius 1 is 1.09 bits per heavy atom. The summed E-state index contributed by atoms with van der Waals surface area (Å²) >= 11 is 1.38. The summed E-state index contributed by atoms with van der Waals surface area (Å²) in [6.45, 7) is 4.65. The number of nitrogens with one attached hydrogen (secondary N) is 2. The number of aromatic nitrogens is 1. The van der Waals surface area contributed by atoms with Crippen molar-refractivity contribution in [1.29, 1.82) is 0 Å². The third kappa shape index (κ3) is 6.33. The van der Waals surface area contributed by atoms with Crippen LogP contribution in [0.15, 0.2) is 53.9 Å². The summed E-state index contributed by atoms with van der Waals surface area (Å²) in [4.78, 5) is 42.6. The maximum absolute atomic E-state index is 12.8. The average molecular weight is 491 g/mol. The zero-order valence-corrected chi connectivity index (χ0v) is 20.9. The van der Waals surface area contributed by atoms with Gasteiger partial charge in [-0.25, -0.2) is 4.98 Å². The summed E-state index contributed by atoms with van der Waals surface area (Å²) in [6, 6.07) is 16.1. The Labute approximate surface area is 209 Å². The fourth-order valence-corrected chi connectivity index (χ4v) is 4.84. The molecule has 1 fully saturated rings. The van der Waals surface area contributed by atoms with Gasteiger partial charge in [-0.05, 0) is 42.5 Å². The number of anilines is 2. The van der Waals surface area contributed by atoms with Gasteiger partial charge in [0.2, 0.25) is 17.7 Å². The number of rotatable bonds is 9. The highest BCUT2D eigenvalue weighted by atomic mass is 32.1. The van der Waals surface area contributed by atoms with E-state index in [0.717, 1.165) is 36.2 Å². The van der Waals surface area contributed by atoms with Crippen LogP contribution in [0.4, 0.5) is 10.8 Å². The second-order valence-electron chi connectivity index (χ2n) is 8.74. The van der Waals surface area contributed by atoms with Gasteiger partial charge in [0.25, 0.3) is 0 Å². The summed E-state index contributed by atoms with van der Waals surface area (Å²) in [5, 5.41) is 8.15. The quantitative estimate of drug-likeness (QED) is 0.434. The number of hydrogen-bond acceptors (Lipinski definition) is 5. The van der Waals surface area contributed by atoms with E-state index in [1.54, 1.807) is 4.90 Å². The molecule has 3 aromatic rings. The van der Waals surface area contributed by atoms with Crippen molar-refractivity contribution in [3.8, 4) is 11.3 Å². The van der Waals surface area contributed by atoms with E-state index in [1.807, 2.05) is 41.8 Å². The van der Waals surface area contributed by atoms with Crippen LogP contribution in [-0.2, 0) is 27.2 Å². The highest BCUT2D eigenvalue weighted by Crippen LogP contribution is 2.29. The molecule has 0 bridgehead atoms. The molecule has 1 atom stereocenters. The fourth-order valence-electron chi connectivity index (χ4n) is 4.11. The number of hydrogen-bond donors (Lipinski definition) is 2. The molecule has 1 unspecified atom stereocenters. The van der Waals surface area contributed by atoms with Gasteiger partial charge >= 0.3 is 0 Å². The lowest BCUT2D eigenvalue weighted by Gasteiger charge is -2.17. The second-order valence-corrected chi connectivity index (χ2v) is 9.59. The summed E-state index contributed by atoms with van der Waals surface area (Å²) in [7, 11) is 0. The summed E-state index contributed by atoms with van der Waals surface area (Å²) in [6.07, 6.45) is 2.91. The van der Waals surface area contributed by atoms with E-state index < -0.39 is 5.92 Å². The first-order valence-electron chi connectivity index (χ1n) is 11.9. The molecule has 2 heterocycles. The molecule has 0 spiro atoms. The van der Waals surface area contributed by atoms with Crippen molar-refractivity contribution in [3.63, 3.8) is 0 Å². The van der Waals surface area contributed by atoms with Crippen molar-refractivity contribution in [3.05, 3.63) is 65.0 Å². The highest BCUT2D eigenvalue weighted by molar-refractivity contribution is 7.14. The fraction of sp³-hybridized carbons (Fsp3) is 0.333. The second kappa shape index (κ2) is 11.3. The molecular weight excluding hydrogens is 460 g/mol. The first-order chi connectivity index (χ1) is 16.9. The minimum Gasteiger partial charge on any atom is -0.356 e. The van der Waals surface area contributed by atoms with Crippen LogP contribution in [0.3, 0.4) is 0 Å². The largest absolute Gasteiger partial charge is 0.356 e. The minimum absolute atomic E-state index is 0.00895. The molecule has 2 N–H and O–H groups in total. The molecule has 0 radical (unpaired) electrons. The Balaban J connectivity index is 1.31. The molecule has 1 aliphatic heterocycles. The van der Waals surface area contributed by atoms with E-state index in [4.69, 9.17) is 0 Å². The Morgan fingerprint density at radius 2 is 1.80 bits per heavy atom. The summed E-state index contributed by atoms with van der Waals surface area (Å²) in [5.74, 6) is -0.629. The first-order valence-corrected chi connectivity index (χ1v) is 12.8. The van der Waals surface area contributed by atoms with Crippen LogP contribution in [0.5, 0.6) is 0 Å². The normalized spacial score (nSPS) is 15.3. The van der Waals surface area contributed by atoms with E-state index >= 15 is 0 Å². The monoisotopic (exact) mass is 490 g/mol. The zero-order valence-electron chi connectivity index (χ0n) is 20.0. The molecule has 2 aromatic carbocycles. The van der Waals surface area contributed by atoms with Crippen LogP contribution in [-0.4, -0.2) is 35.8 Å². The summed E-state index contributed by atoms with van der Waals surface area (Å²) in [5.41, 5.74) is 5.02. The number of carbonyl (C=O) groups is 3. The number of carbonyl (C=O) groups excluding carboxylic acids is 3. The average Bonchev–Trinajstić information content (AvgIpc) is 3.49. The predicted molar refractivity (Wildman–Crippen MR) is 139 cm³/mol. The predicted octanol–water partition coefficient (Wildman–Crippen LogP) is 4.43. The molecule has 35 heavy (non-hydrogen) atoms. The van der Waals surface area contributed by atoms with Crippen LogP contribution < -0.4 is 15.5 Å². The van der Waals surface area contributed by atoms with E-state index in [-0.39, 0.29) is 24.1 Å². The Bertz CT molecular complexity index is 1190. The van der Waals surface area contributed by atoms with Gasteiger partial charge in [0, 0.05) is 43.1 Å². The van der Waals surface area contributed by atoms with Gasteiger partial charge in [0.1, 0.15) is 0 Å². The lowest BCUT2D eigenvalue weighted by atomic mass is 10.1. The molecule has 1 aromatic heterocycles. The van der Waals surface area contributed by atoms with Crippen molar-refractivity contribution in [2.45, 2.75) is 39.5 Å². The number of aryl methyl sites for hydroxylation is 2. The lowest BCUT2D eigenvalue weighted by Crippen LogP contribution is -2.28. The van der Waals surface area contributed by atoms with Gasteiger partial charge in [-0.2, -0.15) is 0 Å². The SMILES string of the molecule is CCc1ccc(N2CC(C(=O)Nc3nc(-c4ccc(CCCNC(C)=O)cc4)cs3)CC2=O)cc1. The van der Waals surface area contributed by atoms with Crippen LogP contribution in [0.2, 0.25) is 0 Å². The number of nitrogens with zero attached hydrogens (tertiary/aromatic N) is 2. The molecule has 0 saturated carbocycles. The van der Waals surface area contributed by atoms with Crippen molar-refractivity contribution >= 4 is 39.9 Å². The Morgan fingerprint density at radius 3 is 2.49 bits per heavy atom. The van der Waals surface area contributed by atoms with Crippen molar-refractivity contribution in [2.24, 2.45) is 5.92 Å². The maximum atomic E-state index is 12.8. The molecule has 4 rings (SSSR count). The van der Waals surface area contributed by atoms with Gasteiger partial charge in [-0.15, -0.1) is 11.3 Å². The van der Waals surface area contributed by atoms with Gasteiger partial charge in [0.05, 0.1) is 11.6 Å². The standard InChI is InChI=1S/C27H30N4O3S/c1-3-19-8-12-23(13-9-19)31-16-22(15-25(31)33)26(34)30-27-29-24(17-35-27)21-10-6-20(7-11-21)5-4-14-28-18(2)32/h6-13,17,22H,3-5,14-16H2,1-2H3,(H,28,32)(H,29,30,34). The highest BCUT2D eigenvalue weighted by Gasteiger charge is 2.35. The van der Waals surface area contributed by atoms with E-state index in [2.05, 4.69) is 34.7 Å². The molecule has 3 amide bonds. The van der Waals surface area contributed by atoms with Crippen molar-refractivity contribution in [1.82, 2.24) is 10.3 Å². The first kappa shape index (κ1) is 24.6. The molecule has 1 aliphatic rings. The molecule has 0 aliphatic carbocycles. The topological polar surface area (TPSA) is 91.4 Å². The minimum atomic E-state index is -0.405. The van der Waals surface area contributed by atoms with Gasteiger partial charge in [-0.3, -0.25) is 14.4 Å². The summed E-state index contributed by atoms with van der Waals surface area (Å²) < 4.78 is 0. The lowest BCUT2D eigenvalue weighted by molar-refractivity contribution is -0.122. The van der Waals surface area contributed by atoms with Crippen LogP contribution in [0.25, 0.3) is 11.3 Å². The van der Waals surface area contributed by atoms with Crippen LogP contribution >= 0.6 is 11.3 Å². The molecule has 7 nitrogen and oxygen atoms in total. The zero-order chi connectivity index (χ0) is 24.8. The van der Waals surface area contributed by atoms with Gasteiger partial charge < -0.3 is 15.5 Å². The van der Waals surface area contributed by atoms with Gasteiger partial charge in [0.15, 0.2) is 5.13 Å². The van der Waals surface area contributed by atoms with Crippen molar-refractivity contribution < 1.29 is 14.4 Å². The third-order valence-corrected chi connectivity index (χ3v) is 6.91. The third-order valence-electron chi connectivity index (χ3n) is 6.15. The molecule has 182 valence electrons. The maximum Gasteiger partial charge on any atom is 0.231 e. The number of benzene rings is 2. The van der Waals surface area contributed by atoms with Gasteiger partial charge in [-0.1, -0.05) is 43.3 Å². The molecular formula is C27H30N4O3S. The van der Waals surface area contributed by atoms with E-state index in [9.17, 15) is 14.4 Å². The smallest absolute Gasteiger partial charge is 0.231 e. The Kier molecular flexibility index (Phi) is 7.92. The van der Waals surface area contributed by atoms with E-state index in [1.165, 1.54) is 29.4 Å². The number of thiazole rings is 1. The van der Waals surface area contributed by atoms with Crippen LogP contribution in [0, 0.1) is 5.92 Å². The van der Waals surface area contributed by atoms with Crippen LogP contribution in [0.1, 0.15) is 37.8 Å². The van der Waals surface area contributed by atoms with E-state index in [0.29, 0.717) is 18.2 Å². The molecule has 1 saturated heterocycles.